The Morgan fingerprint density at radius 3 is 1.12 bits per heavy atom. The number of unbranched alkanes of at least 4 members (excludes halogenated alkanes) is 19. The molecule has 0 fully saturated rings. The average molecular weight is 930 g/mol. The van der Waals surface area contributed by atoms with Gasteiger partial charge in [0.2, 0.25) is 5.60 Å². The van der Waals surface area contributed by atoms with Crippen LogP contribution in [-0.4, -0.2) is 120 Å². The van der Waals surface area contributed by atoms with E-state index in [9.17, 15) is 28.8 Å². The van der Waals surface area contributed by atoms with E-state index in [4.69, 9.17) is 37.9 Å². The van der Waals surface area contributed by atoms with Crippen molar-refractivity contribution in [2.75, 3.05) is 73.5 Å². The van der Waals surface area contributed by atoms with Gasteiger partial charge in [0.15, 0.2) is 0 Å². The molecule has 0 radical (unpaired) electrons. The van der Waals surface area contributed by atoms with E-state index in [2.05, 4.69) is 20.8 Å². The number of carbonyl (C=O) groups excluding carboxylic acids is 6. The van der Waals surface area contributed by atoms with Gasteiger partial charge in [-0.1, -0.05) is 104 Å². The second kappa shape index (κ2) is 44.4. The van der Waals surface area contributed by atoms with Gasteiger partial charge < -0.3 is 42.8 Å². The minimum absolute atomic E-state index is 0.0147. The van der Waals surface area contributed by atoms with Crippen LogP contribution >= 0.6 is 0 Å². The summed E-state index contributed by atoms with van der Waals surface area (Å²) in [7, 11) is 3.57. The zero-order valence-electron chi connectivity index (χ0n) is 41.5. The van der Waals surface area contributed by atoms with Crippen molar-refractivity contribution in [3.05, 3.63) is 0 Å². The molecule has 0 heterocycles. The van der Waals surface area contributed by atoms with Crippen molar-refractivity contribution in [3.63, 3.8) is 0 Å². The molecule has 0 amide bonds. The van der Waals surface area contributed by atoms with Crippen LogP contribution in [0.5, 0.6) is 0 Å². The van der Waals surface area contributed by atoms with Crippen molar-refractivity contribution < 1.29 is 66.7 Å². The standard InChI is InChI=1S/C50H91NO14/c1-6-9-12-15-18-24-34-58-35-25-19-26-38-61-46(54)42-50(65-49(57)64-41-33-51(4)5,48(56)63-40-30-21-28-37-60-45(53)32-23-17-14-11-8-3)43-47(55)62-39-29-20-27-36-59-44(52)31-22-16-13-10-7-2/h6-43H2,1-5H3. The lowest BCUT2D eigenvalue weighted by molar-refractivity contribution is -0.180. The number of hydrogen-bond acceptors (Lipinski definition) is 15. The molecule has 0 saturated carbocycles. The van der Waals surface area contributed by atoms with Gasteiger partial charge in [0, 0.05) is 32.6 Å². The molecule has 380 valence electrons. The molecule has 0 saturated heterocycles. The van der Waals surface area contributed by atoms with Crippen LogP contribution < -0.4 is 0 Å². The second-order valence-electron chi connectivity index (χ2n) is 17.3. The normalized spacial score (nSPS) is 12.0. The van der Waals surface area contributed by atoms with Crippen LogP contribution in [0.15, 0.2) is 0 Å². The lowest BCUT2D eigenvalue weighted by atomic mass is 9.95. The summed E-state index contributed by atoms with van der Waals surface area (Å²) in [6.07, 6.45) is 20.7. The van der Waals surface area contributed by atoms with Gasteiger partial charge in [-0.15, -0.1) is 0 Å². The van der Waals surface area contributed by atoms with Crippen molar-refractivity contribution in [2.24, 2.45) is 0 Å². The van der Waals surface area contributed by atoms with Gasteiger partial charge in [0.25, 0.3) is 0 Å². The van der Waals surface area contributed by atoms with Crippen molar-refractivity contribution >= 4 is 36.0 Å². The molecule has 0 aliphatic carbocycles. The summed E-state index contributed by atoms with van der Waals surface area (Å²) < 4.78 is 43.7. The molecule has 0 aliphatic heterocycles. The predicted octanol–water partition coefficient (Wildman–Crippen LogP) is 10.5. The van der Waals surface area contributed by atoms with Gasteiger partial charge in [0.05, 0.1) is 45.9 Å². The second-order valence-corrected chi connectivity index (χ2v) is 17.3. The Morgan fingerprint density at radius 2 is 0.708 bits per heavy atom. The van der Waals surface area contributed by atoms with Crippen molar-refractivity contribution in [1.29, 1.82) is 0 Å². The average Bonchev–Trinajstić information content (AvgIpc) is 3.26. The van der Waals surface area contributed by atoms with E-state index in [0.29, 0.717) is 70.9 Å². The van der Waals surface area contributed by atoms with Crippen LogP contribution in [-0.2, 0) is 61.9 Å². The first-order chi connectivity index (χ1) is 31.5. The minimum Gasteiger partial charge on any atom is -0.466 e. The van der Waals surface area contributed by atoms with Crippen LogP contribution in [0.2, 0.25) is 0 Å². The maximum Gasteiger partial charge on any atom is 0.509 e. The molecule has 15 heteroatoms. The molecule has 65 heavy (non-hydrogen) atoms. The lowest BCUT2D eigenvalue weighted by Gasteiger charge is -2.29. The van der Waals surface area contributed by atoms with Crippen molar-refractivity contribution in [3.8, 4) is 0 Å². The molecule has 0 N–H and O–H groups in total. The number of ether oxygens (including phenoxy) is 8. The molecule has 0 aliphatic rings. The van der Waals surface area contributed by atoms with Crippen molar-refractivity contribution in [2.45, 2.75) is 213 Å². The molecule has 1 atom stereocenters. The Balaban J connectivity index is 5.42. The van der Waals surface area contributed by atoms with Crippen LogP contribution in [0.4, 0.5) is 4.79 Å². The van der Waals surface area contributed by atoms with E-state index in [1.54, 1.807) is 19.0 Å². The van der Waals surface area contributed by atoms with Crippen LogP contribution in [0, 0.1) is 0 Å². The monoisotopic (exact) mass is 930 g/mol. The maximum atomic E-state index is 13.9. The fourth-order valence-electron chi connectivity index (χ4n) is 6.65. The molecular formula is C50H91NO14. The Morgan fingerprint density at radius 1 is 0.369 bits per heavy atom. The predicted molar refractivity (Wildman–Crippen MR) is 250 cm³/mol. The highest BCUT2D eigenvalue weighted by atomic mass is 16.7. The van der Waals surface area contributed by atoms with E-state index in [-0.39, 0.29) is 51.6 Å². The SMILES string of the molecule is CCCCCCCCOCCCCCOC(=O)CC(CC(=O)OCCCCCOC(=O)CCCCCCC)(OC(=O)OCCN(C)C)C(=O)OCCCCCOC(=O)CCCCCCC. The largest absolute Gasteiger partial charge is 0.509 e. The molecular weight excluding hydrogens is 839 g/mol. The lowest BCUT2D eigenvalue weighted by Crippen LogP contribution is -2.49. The Kier molecular flexibility index (Phi) is 42.0. The molecule has 0 aromatic rings. The third kappa shape index (κ3) is 39.4. The van der Waals surface area contributed by atoms with Gasteiger partial charge in [-0.25, -0.2) is 9.59 Å². The molecule has 15 nitrogen and oxygen atoms in total. The fraction of sp³-hybridized carbons (Fsp3) is 0.880. The maximum absolute atomic E-state index is 13.9. The van der Waals surface area contributed by atoms with E-state index in [1.165, 1.54) is 25.7 Å². The Bertz CT molecular complexity index is 1210. The van der Waals surface area contributed by atoms with Crippen molar-refractivity contribution in [1.82, 2.24) is 4.90 Å². The molecule has 0 bridgehead atoms. The minimum atomic E-state index is -2.43. The third-order valence-corrected chi connectivity index (χ3v) is 10.7. The van der Waals surface area contributed by atoms with E-state index >= 15 is 0 Å². The fourth-order valence-corrected chi connectivity index (χ4v) is 6.65. The highest BCUT2D eigenvalue weighted by molar-refractivity contribution is 5.92. The van der Waals surface area contributed by atoms with Gasteiger partial charge in [-0.2, -0.15) is 0 Å². The number of esters is 5. The van der Waals surface area contributed by atoms with E-state index < -0.39 is 42.5 Å². The zero-order chi connectivity index (χ0) is 48.1. The van der Waals surface area contributed by atoms with Gasteiger partial charge in [-0.05, 0) is 91.1 Å². The summed E-state index contributed by atoms with van der Waals surface area (Å²) in [6, 6.07) is 0. The summed E-state index contributed by atoms with van der Waals surface area (Å²) in [5.41, 5.74) is -2.43. The summed E-state index contributed by atoms with van der Waals surface area (Å²) in [4.78, 5) is 79.5. The number of hydrogen-bond donors (Lipinski definition) is 0. The molecule has 1 unspecified atom stereocenters. The first-order valence-electron chi connectivity index (χ1n) is 25.4. The Labute approximate surface area is 392 Å². The quantitative estimate of drug-likeness (QED) is 0.0319. The first-order valence-corrected chi connectivity index (χ1v) is 25.4. The molecule has 0 aromatic heterocycles. The van der Waals surface area contributed by atoms with Crippen LogP contribution in [0.25, 0.3) is 0 Å². The summed E-state index contributed by atoms with van der Waals surface area (Å²) in [6.45, 7) is 8.53. The van der Waals surface area contributed by atoms with E-state index in [1.807, 2.05) is 0 Å². The third-order valence-electron chi connectivity index (χ3n) is 10.7. The molecule has 0 spiro atoms. The summed E-state index contributed by atoms with van der Waals surface area (Å²) in [5.74, 6) is -3.32. The topological polar surface area (TPSA) is 179 Å². The zero-order valence-corrected chi connectivity index (χ0v) is 41.5. The highest BCUT2D eigenvalue weighted by Gasteiger charge is 2.50. The van der Waals surface area contributed by atoms with Crippen LogP contribution in [0.1, 0.15) is 207 Å². The molecule has 0 rings (SSSR count). The van der Waals surface area contributed by atoms with Gasteiger partial charge >= 0.3 is 36.0 Å². The molecule has 0 aromatic carbocycles. The Hall–Kier alpha value is -3.46. The summed E-state index contributed by atoms with van der Waals surface area (Å²) >= 11 is 0. The first kappa shape index (κ1) is 61.5. The number of rotatable bonds is 46. The highest BCUT2D eigenvalue weighted by Crippen LogP contribution is 2.27. The smallest absolute Gasteiger partial charge is 0.466 e. The van der Waals surface area contributed by atoms with Crippen LogP contribution in [0.3, 0.4) is 0 Å². The van der Waals surface area contributed by atoms with Gasteiger partial charge in [-0.3, -0.25) is 19.2 Å². The number of likely N-dealkylation sites (N-methyl/N-ethyl adjacent to an activating group) is 1. The van der Waals surface area contributed by atoms with E-state index in [0.717, 1.165) is 96.5 Å². The summed E-state index contributed by atoms with van der Waals surface area (Å²) in [5, 5.41) is 0. The number of carbonyl (C=O) groups is 6. The van der Waals surface area contributed by atoms with Gasteiger partial charge in [0.1, 0.15) is 6.61 Å². The number of nitrogens with zero attached hydrogens (tertiary/aromatic N) is 1.